The molecular formula is C15H16F6O4. The summed E-state index contributed by atoms with van der Waals surface area (Å²) in [5.41, 5.74) is -0.333. The van der Waals surface area contributed by atoms with Gasteiger partial charge in [0, 0.05) is 11.6 Å². The molecule has 0 saturated heterocycles. The number of carbonyl (C=O) groups is 2. The first kappa shape index (κ1) is 19.6. The fraction of sp³-hybridized carbons (Fsp3) is 0.733. The van der Waals surface area contributed by atoms with Gasteiger partial charge in [0.2, 0.25) is 0 Å². The van der Waals surface area contributed by atoms with E-state index in [0.29, 0.717) is 6.08 Å². The number of ether oxygens (including phenoxy) is 2. The van der Waals surface area contributed by atoms with Crippen LogP contribution in [0.5, 0.6) is 0 Å². The van der Waals surface area contributed by atoms with Crippen molar-refractivity contribution in [3.63, 3.8) is 0 Å². The van der Waals surface area contributed by atoms with E-state index in [9.17, 15) is 35.9 Å². The molecule has 142 valence electrons. The molecule has 0 N–H and O–H groups in total. The number of alkyl halides is 6. The van der Waals surface area contributed by atoms with Crippen LogP contribution in [-0.2, 0) is 19.1 Å². The van der Waals surface area contributed by atoms with Crippen LogP contribution in [0.25, 0.3) is 0 Å². The van der Waals surface area contributed by atoms with E-state index in [4.69, 9.17) is 4.74 Å². The topological polar surface area (TPSA) is 52.6 Å². The molecule has 0 spiro atoms. The van der Waals surface area contributed by atoms with Gasteiger partial charge in [0.25, 0.3) is 0 Å². The van der Waals surface area contributed by atoms with Gasteiger partial charge in [-0.05, 0) is 32.6 Å². The normalized spacial score (nSPS) is 30.1. The molecule has 25 heavy (non-hydrogen) atoms. The van der Waals surface area contributed by atoms with Crippen LogP contribution in [0.1, 0.15) is 32.6 Å². The third-order valence-corrected chi connectivity index (χ3v) is 4.45. The van der Waals surface area contributed by atoms with E-state index in [0.717, 1.165) is 6.92 Å². The summed E-state index contributed by atoms with van der Waals surface area (Å²) in [6.07, 6.45) is -11.1. The highest BCUT2D eigenvalue weighted by Crippen LogP contribution is 2.44. The van der Waals surface area contributed by atoms with Crippen molar-refractivity contribution in [1.29, 1.82) is 0 Å². The van der Waals surface area contributed by atoms with Crippen LogP contribution < -0.4 is 0 Å². The smallest absolute Gasteiger partial charge is 0.395 e. The number of carbonyl (C=O) groups excluding carboxylic acids is 2. The quantitative estimate of drug-likeness (QED) is 0.428. The molecule has 0 aromatic rings. The summed E-state index contributed by atoms with van der Waals surface area (Å²) in [6.45, 7) is 1.12. The molecular weight excluding hydrogens is 358 g/mol. The van der Waals surface area contributed by atoms with Gasteiger partial charge in [0.05, 0.1) is 11.8 Å². The van der Waals surface area contributed by atoms with Gasteiger partial charge in [-0.15, -0.1) is 0 Å². The third-order valence-electron chi connectivity index (χ3n) is 4.45. The Morgan fingerprint density at radius 2 is 1.28 bits per heavy atom. The van der Waals surface area contributed by atoms with Crippen molar-refractivity contribution in [1.82, 2.24) is 0 Å². The molecule has 2 aliphatic carbocycles. The molecule has 0 aliphatic heterocycles. The Morgan fingerprint density at radius 1 is 0.840 bits per heavy atom. The average Bonchev–Trinajstić information content (AvgIpc) is 2.35. The highest BCUT2D eigenvalue weighted by atomic mass is 19.4. The predicted octanol–water partition coefficient (Wildman–Crippen LogP) is 3.70. The van der Waals surface area contributed by atoms with Crippen LogP contribution in [0.2, 0.25) is 0 Å². The van der Waals surface area contributed by atoms with Gasteiger partial charge < -0.3 is 9.47 Å². The Balaban J connectivity index is 1.86. The van der Waals surface area contributed by atoms with Crippen molar-refractivity contribution in [2.24, 2.45) is 11.8 Å². The second-order valence-corrected chi connectivity index (χ2v) is 6.20. The van der Waals surface area contributed by atoms with E-state index in [1.165, 1.54) is 0 Å². The maximum atomic E-state index is 12.6. The summed E-state index contributed by atoms with van der Waals surface area (Å²) in [4.78, 5) is 23.3. The van der Waals surface area contributed by atoms with E-state index >= 15 is 0 Å². The lowest BCUT2D eigenvalue weighted by molar-refractivity contribution is -0.235. The van der Waals surface area contributed by atoms with Crippen LogP contribution in [0.4, 0.5) is 26.3 Å². The van der Waals surface area contributed by atoms with Crippen LogP contribution in [0.15, 0.2) is 11.6 Å². The summed E-state index contributed by atoms with van der Waals surface area (Å²) in [6, 6.07) is 0. The van der Waals surface area contributed by atoms with Crippen LogP contribution >= 0.6 is 0 Å². The highest BCUT2D eigenvalue weighted by Gasteiger charge is 2.52. The summed E-state index contributed by atoms with van der Waals surface area (Å²) in [7, 11) is 0. The molecule has 4 atom stereocenters. The Hall–Kier alpha value is -1.74. The zero-order valence-electron chi connectivity index (χ0n) is 13.1. The second kappa shape index (κ2) is 6.87. The summed E-state index contributed by atoms with van der Waals surface area (Å²) >= 11 is 0. The van der Waals surface area contributed by atoms with Crippen LogP contribution in [-0.4, -0.2) is 36.5 Å². The van der Waals surface area contributed by atoms with Gasteiger partial charge >= 0.3 is 24.3 Å². The van der Waals surface area contributed by atoms with Gasteiger partial charge in [-0.1, -0.05) is 0 Å². The van der Waals surface area contributed by atoms with Crippen molar-refractivity contribution in [3.05, 3.63) is 11.6 Å². The molecule has 2 saturated carbocycles. The zero-order valence-corrected chi connectivity index (χ0v) is 13.1. The molecule has 4 unspecified atom stereocenters. The molecule has 0 heterocycles. The number of hydrogen-bond acceptors (Lipinski definition) is 4. The van der Waals surface area contributed by atoms with Gasteiger partial charge in [0.1, 0.15) is 12.2 Å². The largest absolute Gasteiger partial charge is 0.459 e. The number of rotatable bonds is 4. The molecule has 4 nitrogen and oxygen atoms in total. The molecule has 0 aromatic heterocycles. The molecule has 2 rings (SSSR count). The lowest BCUT2D eigenvalue weighted by Crippen LogP contribution is -2.45. The van der Waals surface area contributed by atoms with Crippen molar-refractivity contribution in [3.8, 4) is 0 Å². The maximum absolute atomic E-state index is 12.6. The fourth-order valence-electron chi connectivity index (χ4n) is 2.62. The first-order chi connectivity index (χ1) is 11.4. The van der Waals surface area contributed by atoms with E-state index in [1.54, 1.807) is 0 Å². The van der Waals surface area contributed by atoms with Crippen molar-refractivity contribution in [2.45, 2.75) is 57.2 Å². The minimum Gasteiger partial charge on any atom is -0.459 e. The lowest BCUT2D eigenvalue weighted by atomic mass is 9.81. The summed E-state index contributed by atoms with van der Waals surface area (Å²) in [5.74, 6) is -5.76. The summed E-state index contributed by atoms with van der Waals surface area (Å²) < 4.78 is 84.6. The van der Waals surface area contributed by atoms with Gasteiger partial charge in [0.15, 0.2) is 0 Å². The Bertz CT molecular complexity index is 565. The van der Waals surface area contributed by atoms with Crippen molar-refractivity contribution < 1.29 is 45.4 Å². The van der Waals surface area contributed by atoms with E-state index in [2.05, 4.69) is 4.74 Å². The monoisotopic (exact) mass is 374 g/mol. The first-order valence-electron chi connectivity index (χ1n) is 7.63. The molecule has 0 radical (unpaired) electrons. The molecule has 2 aliphatic rings. The highest BCUT2D eigenvalue weighted by molar-refractivity contribution is 5.96. The van der Waals surface area contributed by atoms with Gasteiger partial charge in [-0.2, -0.15) is 26.3 Å². The Morgan fingerprint density at radius 3 is 1.64 bits per heavy atom. The first-order valence-corrected chi connectivity index (χ1v) is 7.63. The van der Waals surface area contributed by atoms with E-state index in [1.807, 2.05) is 0 Å². The Kier molecular flexibility index (Phi) is 5.38. The second-order valence-electron chi connectivity index (χ2n) is 6.20. The average molecular weight is 374 g/mol. The minimum absolute atomic E-state index is 0.0581. The minimum atomic E-state index is -4.48. The Labute approximate surface area is 139 Å². The fourth-order valence-corrected chi connectivity index (χ4v) is 2.62. The standard InChI is InChI=1S/C15H16F6O4/c1-7(13(23)25-11-5-3-9(11)15(19,20)21)6-12(22)24-10-4-2-8(10)14(16,17)18/h6,8-11H,2-5H2,1H3/b7-6-. The molecule has 2 fully saturated rings. The number of halogens is 6. The third kappa shape index (κ3) is 4.66. The van der Waals surface area contributed by atoms with E-state index in [-0.39, 0.29) is 31.3 Å². The number of esters is 2. The number of hydrogen-bond donors (Lipinski definition) is 0. The molecule has 0 amide bonds. The zero-order chi connectivity index (χ0) is 19.0. The lowest BCUT2D eigenvalue weighted by Gasteiger charge is -2.37. The van der Waals surface area contributed by atoms with Crippen LogP contribution in [0.3, 0.4) is 0 Å². The van der Waals surface area contributed by atoms with E-state index < -0.39 is 48.3 Å². The molecule has 10 heteroatoms. The van der Waals surface area contributed by atoms with Gasteiger partial charge in [-0.3, -0.25) is 0 Å². The molecule has 0 aromatic carbocycles. The summed E-state index contributed by atoms with van der Waals surface area (Å²) in [5, 5.41) is 0. The van der Waals surface area contributed by atoms with Crippen molar-refractivity contribution >= 4 is 11.9 Å². The maximum Gasteiger partial charge on any atom is 0.395 e. The van der Waals surface area contributed by atoms with Gasteiger partial charge in [-0.25, -0.2) is 9.59 Å². The van der Waals surface area contributed by atoms with Crippen LogP contribution in [0, 0.1) is 11.8 Å². The SMILES string of the molecule is C/C(=C/C(=O)OC1CCC1C(F)(F)F)C(=O)OC1CCC1C(F)(F)F. The van der Waals surface area contributed by atoms with Crippen molar-refractivity contribution in [2.75, 3.05) is 0 Å². The molecule has 0 bridgehead atoms. The predicted molar refractivity (Wildman–Crippen MR) is 71.1 cm³/mol.